The lowest BCUT2D eigenvalue weighted by molar-refractivity contribution is 1.20. The highest BCUT2D eigenvalue weighted by Gasteiger charge is 1.97. The second-order valence-electron chi connectivity index (χ2n) is 3.00. The SMILES string of the molecule is Cc1ncccc1Nc1cccnc1. The molecule has 0 saturated heterocycles. The molecule has 2 heterocycles. The summed E-state index contributed by atoms with van der Waals surface area (Å²) in [7, 11) is 0. The van der Waals surface area contributed by atoms with Crippen LogP contribution in [0.3, 0.4) is 0 Å². The lowest BCUT2D eigenvalue weighted by Gasteiger charge is -2.07. The van der Waals surface area contributed by atoms with Crippen molar-refractivity contribution in [3.63, 3.8) is 0 Å². The smallest absolute Gasteiger partial charge is 0.0607 e. The first kappa shape index (κ1) is 8.69. The van der Waals surface area contributed by atoms with Crippen molar-refractivity contribution < 1.29 is 0 Å². The summed E-state index contributed by atoms with van der Waals surface area (Å²) in [5.74, 6) is 0. The molecule has 0 aliphatic carbocycles. The maximum absolute atomic E-state index is 4.19. The van der Waals surface area contributed by atoms with Crippen molar-refractivity contribution in [3.8, 4) is 0 Å². The summed E-state index contributed by atoms with van der Waals surface area (Å²) in [6, 6.07) is 7.77. The van der Waals surface area contributed by atoms with Crippen molar-refractivity contribution >= 4 is 11.4 Å². The summed E-state index contributed by atoms with van der Waals surface area (Å²) >= 11 is 0. The van der Waals surface area contributed by atoms with Crippen LogP contribution in [0.4, 0.5) is 11.4 Å². The molecule has 0 spiro atoms. The average molecular weight is 185 g/mol. The van der Waals surface area contributed by atoms with E-state index in [1.807, 2.05) is 31.2 Å². The summed E-state index contributed by atoms with van der Waals surface area (Å²) in [6.07, 6.45) is 5.32. The number of rotatable bonds is 2. The van der Waals surface area contributed by atoms with Crippen LogP contribution in [0.2, 0.25) is 0 Å². The number of hydrogen-bond acceptors (Lipinski definition) is 3. The Hall–Kier alpha value is -1.90. The van der Waals surface area contributed by atoms with Gasteiger partial charge in [-0.3, -0.25) is 9.97 Å². The van der Waals surface area contributed by atoms with Gasteiger partial charge in [0.05, 0.1) is 23.3 Å². The van der Waals surface area contributed by atoms with E-state index in [1.165, 1.54) is 0 Å². The van der Waals surface area contributed by atoms with Gasteiger partial charge in [0.15, 0.2) is 0 Å². The van der Waals surface area contributed by atoms with Crippen molar-refractivity contribution in [2.75, 3.05) is 5.32 Å². The minimum atomic E-state index is 0.976. The third kappa shape index (κ3) is 1.88. The Balaban J connectivity index is 2.24. The Kier molecular flexibility index (Phi) is 2.40. The molecule has 14 heavy (non-hydrogen) atoms. The summed E-state index contributed by atoms with van der Waals surface area (Å²) in [5, 5.41) is 3.25. The number of pyridine rings is 2. The van der Waals surface area contributed by atoms with Crippen molar-refractivity contribution in [2.24, 2.45) is 0 Å². The molecule has 0 radical (unpaired) electrons. The molecular weight excluding hydrogens is 174 g/mol. The highest BCUT2D eigenvalue weighted by Crippen LogP contribution is 2.16. The van der Waals surface area contributed by atoms with Crippen molar-refractivity contribution in [1.29, 1.82) is 0 Å². The van der Waals surface area contributed by atoms with Crippen LogP contribution < -0.4 is 5.32 Å². The summed E-state index contributed by atoms with van der Waals surface area (Å²) in [5.41, 5.74) is 2.97. The van der Waals surface area contributed by atoms with E-state index >= 15 is 0 Å². The summed E-state index contributed by atoms with van der Waals surface area (Å²) in [4.78, 5) is 8.22. The topological polar surface area (TPSA) is 37.8 Å². The minimum Gasteiger partial charge on any atom is -0.353 e. The van der Waals surface area contributed by atoms with Gasteiger partial charge in [-0.2, -0.15) is 0 Å². The van der Waals surface area contributed by atoms with Crippen LogP contribution in [-0.4, -0.2) is 9.97 Å². The molecule has 0 aliphatic heterocycles. The molecule has 0 aliphatic rings. The molecule has 3 heteroatoms. The zero-order chi connectivity index (χ0) is 9.80. The molecule has 1 N–H and O–H groups in total. The number of nitrogens with one attached hydrogen (secondary N) is 1. The first-order valence-corrected chi connectivity index (χ1v) is 4.45. The van der Waals surface area contributed by atoms with E-state index in [-0.39, 0.29) is 0 Å². The highest BCUT2D eigenvalue weighted by atomic mass is 14.9. The molecule has 2 aromatic rings. The van der Waals surface area contributed by atoms with Gasteiger partial charge in [-0.1, -0.05) is 0 Å². The predicted molar refractivity (Wildman–Crippen MR) is 56.5 cm³/mol. The third-order valence-corrected chi connectivity index (χ3v) is 1.95. The van der Waals surface area contributed by atoms with E-state index in [2.05, 4.69) is 15.3 Å². The Labute approximate surface area is 82.8 Å². The number of aryl methyl sites for hydroxylation is 1. The molecule has 0 unspecified atom stereocenters. The van der Waals surface area contributed by atoms with Crippen molar-refractivity contribution in [2.45, 2.75) is 6.92 Å². The van der Waals surface area contributed by atoms with E-state index in [4.69, 9.17) is 0 Å². The van der Waals surface area contributed by atoms with Crippen LogP contribution in [0, 0.1) is 6.92 Å². The van der Waals surface area contributed by atoms with E-state index < -0.39 is 0 Å². The number of aromatic nitrogens is 2. The fourth-order valence-electron chi connectivity index (χ4n) is 1.21. The fourth-order valence-corrected chi connectivity index (χ4v) is 1.21. The van der Waals surface area contributed by atoms with Crippen LogP contribution in [-0.2, 0) is 0 Å². The van der Waals surface area contributed by atoms with E-state index in [1.54, 1.807) is 18.6 Å². The number of hydrogen-bond donors (Lipinski definition) is 1. The van der Waals surface area contributed by atoms with Crippen LogP contribution in [0.5, 0.6) is 0 Å². The molecule has 70 valence electrons. The maximum atomic E-state index is 4.19. The Morgan fingerprint density at radius 2 is 2.00 bits per heavy atom. The molecule has 0 aromatic carbocycles. The molecule has 0 atom stereocenters. The van der Waals surface area contributed by atoms with Crippen LogP contribution in [0.1, 0.15) is 5.69 Å². The van der Waals surface area contributed by atoms with Gasteiger partial charge in [0.25, 0.3) is 0 Å². The van der Waals surface area contributed by atoms with Gasteiger partial charge in [-0.15, -0.1) is 0 Å². The minimum absolute atomic E-state index is 0.976. The molecule has 3 nitrogen and oxygen atoms in total. The number of nitrogens with zero attached hydrogens (tertiary/aromatic N) is 2. The fraction of sp³-hybridized carbons (Fsp3) is 0.0909. The maximum Gasteiger partial charge on any atom is 0.0607 e. The zero-order valence-electron chi connectivity index (χ0n) is 7.94. The molecule has 2 rings (SSSR count). The van der Waals surface area contributed by atoms with Crippen molar-refractivity contribution in [1.82, 2.24) is 9.97 Å². The molecule has 0 saturated carbocycles. The van der Waals surface area contributed by atoms with E-state index in [9.17, 15) is 0 Å². The van der Waals surface area contributed by atoms with Crippen LogP contribution in [0.25, 0.3) is 0 Å². The molecule has 0 bridgehead atoms. The quantitative estimate of drug-likeness (QED) is 0.781. The first-order valence-electron chi connectivity index (χ1n) is 4.45. The van der Waals surface area contributed by atoms with Crippen LogP contribution >= 0.6 is 0 Å². The molecule has 0 fully saturated rings. The van der Waals surface area contributed by atoms with Gasteiger partial charge in [0, 0.05) is 12.4 Å². The Morgan fingerprint density at radius 3 is 2.71 bits per heavy atom. The second kappa shape index (κ2) is 3.87. The third-order valence-electron chi connectivity index (χ3n) is 1.95. The van der Waals surface area contributed by atoms with Gasteiger partial charge in [0.2, 0.25) is 0 Å². The predicted octanol–water partition coefficient (Wildman–Crippen LogP) is 2.53. The molecule has 2 aromatic heterocycles. The monoisotopic (exact) mass is 185 g/mol. The average Bonchev–Trinajstić information content (AvgIpc) is 2.23. The van der Waals surface area contributed by atoms with E-state index in [0.717, 1.165) is 17.1 Å². The van der Waals surface area contributed by atoms with Gasteiger partial charge in [-0.05, 0) is 31.2 Å². The largest absolute Gasteiger partial charge is 0.353 e. The zero-order valence-corrected chi connectivity index (χ0v) is 7.94. The summed E-state index contributed by atoms with van der Waals surface area (Å²) < 4.78 is 0. The highest BCUT2D eigenvalue weighted by molar-refractivity contribution is 5.60. The van der Waals surface area contributed by atoms with Gasteiger partial charge >= 0.3 is 0 Å². The number of anilines is 2. The Morgan fingerprint density at radius 1 is 1.14 bits per heavy atom. The molecular formula is C11H11N3. The summed E-state index contributed by atoms with van der Waals surface area (Å²) in [6.45, 7) is 1.97. The standard InChI is InChI=1S/C11H11N3/c1-9-11(5-3-7-13-9)14-10-4-2-6-12-8-10/h2-8,14H,1H3. The van der Waals surface area contributed by atoms with E-state index in [0.29, 0.717) is 0 Å². The van der Waals surface area contributed by atoms with Gasteiger partial charge in [-0.25, -0.2) is 0 Å². The molecule has 0 amide bonds. The first-order chi connectivity index (χ1) is 6.86. The Bertz CT molecular complexity index is 412. The van der Waals surface area contributed by atoms with Crippen LogP contribution in [0.15, 0.2) is 42.9 Å². The normalized spacial score (nSPS) is 9.79. The van der Waals surface area contributed by atoms with Crippen molar-refractivity contribution in [3.05, 3.63) is 48.5 Å². The lowest BCUT2D eigenvalue weighted by Crippen LogP contribution is -1.94. The second-order valence-corrected chi connectivity index (χ2v) is 3.00. The lowest BCUT2D eigenvalue weighted by atomic mass is 10.3. The van der Waals surface area contributed by atoms with Gasteiger partial charge < -0.3 is 5.32 Å². The van der Waals surface area contributed by atoms with Gasteiger partial charge in [0.1, 0.15) is 0 Å².